The number of carboxylic acids is 2. The molecule has 0 bridgehead atoms. The first-order valence-corrected chi connectivity index (χ1v) is 13.3. The van der Waals surface area contributed by atoms with Crippen molar-refractivity contribution in [2.24, 2.45) is 0 Å². The van der Waals surface area contributed by atoms with Crippen LogP contribution in [0.2, 0.25) is 0 Å². The molecular formula is C27H26F6N4O7S. The molecule has 3 aromatic heterocycles. The number of methoxy groups -OCH3 is 1. The van der Waals surface area contributed by atoms with Crippen LogP contribution in [-0.2, 0) is 16.1 Å². The van der Waals surface area contributed by atoms with Crippen molar-refractivity contribution in [1.29, 1.82) is 0 Å². The van der Waals surface area contributed by atoms with E-state index in [0.717, 1.165) is 27.8 Å². The highest BCUT2D eigenvalue weighted by Gasteiger charge is 2.38. The zero-order valence-electron chi connectivity index (χ0n) is 23.7. The van der Waals surface area contributed by atoms with Crippen LogP contribution in [0.1, 0.15) is 15.4 Å². The number of hydrogen-bond donors (Lipinski definition) is 3. The fraction of sp³-hybridized carbons (Fsp3) is 0.296. The van der Waals surface area contributed by atoms with Gasteiger partial charge in [-0.15, -0.1) is 11.3 Å². The molecule has 4 rings (SSSR count). The number of aromatic nitrogens is 2. The number of carboxylic acid groups (broad SMARTS) is 2. The number of pyridine rings is 2. The molecule has 0 saturated heterocycles. The van der Waals surface area contributed by atoms with Gasteiger partial charge in [-0.25, -0.2) is 9.59 Å². The summed E-state index contributed by atoms with van der Waals surface area (Å²) in [5, 5.41) is 18.5. The number of para-hydroxylation sites is 1. The fourth-order valence-corrected chi connectivity index (χ4v) is 4.79. The van der Waals surface area contributed by atoms with Gasteiger partial charge in [-0.3, -0.25) is 14.6 Å². The van der Waals surface area contributed by atoms with Gasteiger partial charge in [0.15, 0.2) is 5.75 Å². The number of ether oxygens (including phenoxy) is 1. The van der Waals surface area contributed by atoms with Gasteiger partial charge in [0.1, 0.15) is 10.3 Å². The summed E-state index contributed by atoms with van der Waals surface area (Å²) in [7, 11) is 5.39. The Kier molecular flexibility index (Phi) is 12.4. The molecule has 0 aliphatic carbocycles. The van der Waals surface area contributed by atoms with Crippen molar-refractivity contribution in [1.82, 2.24) is 19.8 Å². The molecule has 45 heavy (non-hydrogen) atoms. The topological polar surface area (TPSA) is 151 Å². The molecule has 3 N–H and O–H groups in total. The van der Waals surface area contributed by atoms with Crippen molar-refractivity contribution < 1.29 is 55.7 Å². The Balaban J connectivity index is 0.000000421. The number of nitrogens with one attached hydrogen (secondary N) is 1. The van der Waals surface area contributed by atoms with Crippen molar-refractivity contribution in [3.8, 4) is 5.75 Å². The zero-order valence-corrected chi connectivity index (χ0v) is 24.5. The SMILES string of the molecule is COc1c(C(=O)NCCN(C)C)sc2c1c(=O)n(Cc1ccccn1)c1ccccc21.O=C(O)C(F)(F)F.O=C(O)C(F)(F)F. The van der Waals surface area contributed by atoms with E-state index in [1.54, 1.807) is 10.8 Å². The van der Waals surface area contributed by atoms with Gasteiger partial charge in [-0.05, 0) is 32.3 Å². The number of rotatable bonds is 7. The summed E-state index contributed by atoms with van der Waals surface area (Å²) in [6.07, 6.45) is -8.46. The smallest absolute Gasteiger partial charge is 0.490 e. The van der Waals surface area contributed by atoms with Gasteiger partial charge >= 0.3 is 24.3 Å². The van der Waals surface area contributed by atoms with Crippen molar-refractivity contribution in [3.63, 3.8) is 0 Å². The van der Waals surface area contributed by atoms with Gasteiger partial charge < -0.3 is 29.7 Å². The van der Waals surface area contributed by atoms with E-state index in [2.05, 4.69) is 10.3 Å². The number of likely N-dealkylation sites (N-methyl/N-ethyl adjacent to an activating group) is 1. The molecule has 0 unspecified atom stereocenters. The maximum atomic E-state index is 13.6. The van der Waals surface area contributed by atoms with Crippen LogP contribution in [0.4, 0.5) is 26.3 Å². The molecule has 11 nitrogen and oxygen atoms in total. The minimum absolute atomic E-state index is 0.195. The molecule has 1 amide bonds. The number of aliphatic carboxylic acids is 2. The first-order chi connectivity index (χ1) is 20.9. The molecule has 1 aromatic carbocycles. The lowest BCUT2D eigenvalue weighted by molar-refractivity contribution is -0.193. The predicted molar refractivity (Wildman–Crippen MR) is 152 cm³/mol. The van der Waals surface area contributed by atoms with Gasteiger partial charge in [0, 0.05) is 24.7 Å². The highest BCUT2D eigenvalue weighted by molar-refractivity contribution is 7.22. The Labute approximate surface area is 254 Å². The van der Waals surface area contributed by atoms with Crippen molar-refractivity contribution in [2.75, 3.05) is 34.3 Å². The standard InChI is InChI=1S/C23H24N4O3S.2C2HF3O2/c1-26(2)13-12-25-22(28)21-19(30-3)18-20(31-21)16-9-4-5-10-17(16)27(23(18)29)14-15-8-6-7-11-24-15;2*3-2(4,5)1(6)7/h4-11H,12-14H2,1-3H3,(H,25,28);2*(H,6,7). The number of nitrogens with zero attached hydrogens (tertiary/aromatic N) is 3. The Morgan fingerprint density at radius 3 is 2.02 bits per heavy atom. The van der Waals surface area contributed by atoms with Crippen LogP contribution >= 0.6 is 11.3 Å². The molecule has 0 spiro atoms. The van der Waals surface area contributed by atoms with Crippen molar-refractivity contribution in [2.45, 2.75) is 18.9 Å². The second kappa shape index (κ2) is 15.3. The molecule has 18 heteroatoms. The number of fused-ring (bicyclic) bond motifs is 3. The third kappa shape index (κ3) is 9.90. The van der Waals surface area contributed by atoms with Crippen LogP contribution in [-0.4, -0.2) is 89.2 Å². The molecule has 4 aromatic rings. The number of halogens is 6. The number of benzene rings is 1. The summed E-state index contributed by atoms with van der Waals surface area (Å²) in [4.78, 5) is 51.0. The number of carbonyl (C=O) groups excluding carboxylic acids is 1. The minimum Gasteiger partial charge on any atom is -0.494 e. The summed E-state index contributed by atoms with van der Waals surface area (Å²) in [6, 6.07) is 13.4. The molecule has 244 valence electrons. The van der Waals surface area contributed by atoms with Crippen LogP contribution in [0.3, 0.4) is 0 Å². The van der Waals surface area contributed by atoms with Gasteiger partial charge in [0.25, 0.3) is 11.5 Å². The largest absolute Gasteiger partial charge is 0.494 e. The number of amides is 1. The number of thiophene rings is 1. The highest BCUT2D eigenvalue weighted by Crippen LogP contribution is 2.39. The highest BCUT2D eigenvalue weighted by atomic mass is 32.1. The Bertz CT molecular complexity index is 1680. The van der Waals surface area contributed by atoms with Gasteiger partial charge in [-0.2, -0.15) is 26.3 Å². The van der Waals surface area contributed by atoms with Crippen LogP contribution in [0, 0.1) is 0 Å². The average Bonchev–Trinajstić information content (AvgIpc) is 3.35. The van der Waals surface area contributed by atoms with Crippen molar-refractivity contribution >= 4 is 50.2 Å². The van der Waals surface area contributed by atoms with E-state index in [0.29, 0.717) is 29.1 Å². The van der Waals surface area contributed by atoms with E-state index in [9.17, 15) is 35.9 Å². The first kappa shape index (κ1) is 36.5. The molecular weight excluding hydrogens is 638 g/mol. The number of alkyl halides is 6. The van der Waals surface area contributed by atoms with Crippen LogP contribution in [0.15, 0.2) is 53.5 Å². The average molecular weight is 665 g/mol. The monoisotopic (exact) mass is 664 g/mol. The lowest BCUT2D eigenvalue weighted by Crippen LogP contribution is -2.31. The molecule has 3 heterocycles. The second-order valence-corrected chi connectivity index (χ2v) is 10.1. The summed E-state index contributed by atoms with van der Waals surface area (Å²) in [6.45, 7) is 1.56. The molecule has 0 aliphatic heterocycles. The lowest BCUT2D eigenvalue weighted by Gasteiger charge is -2.12. The maximum Gasteiger partial charge on any atom is 0.490 e. The summed E-state index contributed by atoms with van der Waals surface area (Å²) < 4.78 is 71.5. The van der Waals surface area contributed by atoms with Gasteiger partial charge in [-0.1, -0.05) is 24.3 Å². The van der Waals surface area contributed by atoms with E-state index in [4.69, 9.17) is 24.5 Å². The Morgan fingerprint density at radius 1 is 0.978 bits per heavy atom. The summed E-state index contributed by atoms with van der Waals surface area (Å²) in [5.74, 6) is -5.42. The third-order valence-corrected chi connectivity index (χ3v) is 6.75. The van der Waals surface area contributed by atoms with Crippen LogP contribution in [0.25, 0.3) is 21.0 Å². The first-order valence-electron chi connectivity index (χ1n) is 12.4. The fourth-order valence-electron chi connectivity index (χ4n) is 3.57. The quantitative estimate of drug-likeness (QED) is 0.247. The predicted octanol–water partition coefficient (Wildman–Crippen LogP) is 4.23. The maximum absolute atomic E-state index is 13.6. The second-order valence-electron chi connectivity index (χ2n) is 9.06. The van der Waals surface area contributed by atoms with Gasteiger partial charge in [0.05, 0.1) is 29.6 Å². The van der Waals surface area contributed by atoms with Gasteiger partial charge in [0.2, 0.25) is 0 Å². The van der Waals surface area contributed by atoms with E-state index in [1.807, 2.05) is 61.5 Å². The van der Waals surface area contributed by atoms with E-state index in [-0.39, 0.29) is 11.5 Å². The van der Waals surface area contributed by atoms with E-state index >= 15 is 0 Å². The normalized spacial score (nSPS) is 11.3. The summed E-state index contributed by atoms with van der Waals surface area (Å²) in [5.41, 5.74) is 1.39. The molecule has 0 saturated carbocycles. The van der Waals surface area contributed by atoms with E-state index < -0.39 is 24.3 Å². The summed E-state index contributed by atoms with van der Waals surface area (Å²) >= 11 is 1.29. The van der Waals surface area contributed by atoms with Crippen LogP contribution in [0.5, 0.6) is 5.75 Å². The Hall–Kier alpha value is -4.71. The van der Waals surface area contributed by atoms with Crippen molar-refractivity contribution in [3.05, 3.63) is 69.6 Å². The zero-order chi connectivity index (χ0) is 34.1. The molecule has 0 fully saturated rings. The molecule has 0 radical (unpaired) electrons. The third-order valence-electron chi connectivity index (χ3n) is 5.55. The number of hydrogen-bond acceptors (Lipinski definition) is 8. The minimum atomic E-state index is -5.08. The van der Waals surface area contributed by atoms with Crippen LogP contribution < -0.4 is 15.6 Å². The Morgan fingerprint density at radius 2 is 1.53 bits per heavy atom. The molecule has 0 atom stereocenters. The lowest BCUT2D eigenvalue weighted by atomic mass is 10.1. The number of carbonyl (C=O) groups is 3. The van der Waals surface area contributed by atoms with E-state index in [1.165, 1.54) is 18.4 Å². The molecule has 0 aliphatic rings.